The van der Waals surface area contributed by atoms with Gasteiger partial charge in [0.2, 0.25) is 0 Å². The van der Waals surface area contributed by atoms with Crippen LogP contribution in [0.5, 0.6) is 0 Å². The van der Waals surface area contributed by atoms with E-state index in [0.29, 0.717) is 0 Å². The highest BCUT2D eigenvalue weighted by atomic mass is 32.2. The van der Waals surface area contributed by atoms with E-state index in [0.717, 1.165) is 12.8 Å². The Morgan fingerprint density at radius 2 is 1.04 bits per heavy atom. The van der Waals surface area contributed by atoms with Crippen LogP contribution in [0.25, 0.3) is 33.4 Å². The fourth-order valence-electron chi connectivity index (χ4n) is 7.45. The minimum atomic E-state index is 0.258. The number of anilines is 3. The molecule has 0 aromatic heterocycles. The smallest absolute Gasteiger partial charge is 0.0601 e. The summed E-state index contributed by atoms with van der Waals surface area (Å²) in [7, 11) is 0. The molecule has 7 aromatic rings. The van der Waals surface area contributed by atoms with Gasteiger partial charge in [0.15, 0.2) is 0 Å². The standard InChI is InChI=1S/C45H33NS/c1-3-13-31(14-4-1)34-27-35(32-15-5-2-6-16-32)29-36(28-34)39-25-23-33-17-7-8-18-38(33)41-30-37(24-26-40(39)41)46-42-19-9-11-21-44(42)47-45-22-12-10-20-43(45)46/h1-22,24,26-30,39H,23,25H2. The molecule has 9 rings (SSSR count). The van der Waals surface area contributed by atoms with Crippen molar-refractivity contribution in [2.75, 3.05) is 4.90 Å². The monoisotopic (exact) mass is 619 g/mol. The number of para-hydroxylation sites is 2. The first kappa shape index (κ1) is 28.0. The lowest BCUT2D eigenvalue weighted by Crippen LogP contribution is -2.15. The normalized spacial score (nSPS) is 14.7. The predicted octanol–water partition coefficient (Wildman–Crippen LogP) is 12.7. The summed E-state index contributed by atoms with van der Waals surface area (Å²) in [5.74, 6) is 0.258. The summed E-state index contributed by atoms with van der Waals surface area (Å²) in [6.07, 6.45) is 2.09. The van der Waals surface area contributed by atoms with Crippen molar-refractivity contribution >= 4 is 28.8 Å². The fraction of sp³-hybridized carbons (Fsp3) is 0.0667. The van der Waals surface area contributed by atoms with E-state index in [1.165, 1.54) is 76.9 Å². The van der Waals surface area contributed by atoms with Crippen LogP contribution >= 0.6 is 11.8 Å². The van der Waals surface area contributed by atoms with Crippen molar-refractivity contribution in [2.24, 2.45) is 0 Å². The molecule has 0 saturated heterocycles. The minimum Gasteiger partial charge on any atom is -0.308 e. The third kappa shape index (κ3) is 5.06. The Morgan fingerprint density at radius 3 is 1.70 bits per heavy atom. The van der Waals surface area contributed by atoms with Crippen LogP contribution in [0, 0.1) is 0 Å². The lowest BCUT2D eigenvalue weighted by atomic mass is 9.83. The van der Waals surface area contributed by atoms with Crippen LogP contribution < -0.4 is 4.90 Å². The Labute approximate surface area is 281 Å². The molecule has 224 valence electrons. The maximum absolute atomic E-state index is 2.45. The van der Waals surface area contributed by atoms with Gasteiger partial charge >= 0.3 is 0 Å². The Morgan fingerprint density at radius 1 is 0.468 bits per heavy atom. The molecular weight excluding hydrogens is 587 g/mol. The summed E-state index contributed by atoms with van der Waals surface area (Å²) < 4.78 is 0. The molecule has 0 N–H and O–H groups in total. The van der Waals surface area contributed by atoms with E-state index < -0.39 is 0 Å². The van der Waals surface area contributed by atoms with Crippen molar-refractivity contribution < 1.29 is 0 Å². The number of rotatable bonds is 4. The molecule has 1 nitrogen and oxygen atoms in total. The fourth-order valence-corrected chi connectivity index (χ4v) is 8.51. The molecule has 2 aliphatic rings. The zero-order valence-corrected chi connectivity index (χ0v) is 26.8. The largest absolute Gasteiger partial charge is 0.308 e. The minimum absolute atomic E-state index is 0.258. The van der Waals surface area contributed by atoms with Gasteiger partial charge in [0.1, 0.15) is 0 Å². The molecule has 0 amide bonds. The molecule has 7 aromatic carbocycles. The first-order valence-electron chi connectivity index (χ1n) is 16.4. The Hall–Kier alpha value is -5.31. The van der Waals surface area contributed by atoms with Gasteiger partial charge in [0, 0.05) is 21.4 Å². The average Bonchev–Trinajstić information content (AvgIpc) is 3.31. The second-order valence-electron chi connectivity index (χ2n) is 12.5. The molecule has 1 unspecified atom stereocenters. The Bertz CT molecular complexity index is 2130. The first-order chi connectivity index (χ1) is 23.3. The van der Waals surface area contributed by atoms with Gasteiger partial charge in [-0.25, -0.2) is 0 Å². The Balaban J connectivity index is 1.24. The predicted molar refractivity (Wildman–Crippen MR) is 198 cm³/mol. The molecule has 1 atom stereocenters. The van der Waals surface area contributed by atoms with Crippen LogP contribution in [0.4, 0.5) is 17.1 Å². The lowest BCUT2D eigenvalue weighted by Gasteiger charge is -2.33. The van der Waals surface area contributed by atoms with Gasteiger partial charge in [-0.05, 0) is 105 Å². The first-order valence-corrected chi connectivity index (χ1v) is 17.3. The summed E-state index contributed by atoms with van der Waals surface area (Å²) in [6, 6.07) is 62.7. The van der Waals surface area contributed by atoms with Crippen molar-refractivity contribution in [1.29, 1.82) is 0 Å². The number of hydrogen-bond acceptors (Lipinski definition) is 2. The van der Waals surface area contributed by atoms with E-state index in [1.807, 2.05) is 11.8 Å². The molecule has 0 saturated carbocycles. The highest BCUT2D eigenvalue weighted by molar-refractivity contribution is 7.99. The van der Waals surface area contributed by atoms with Crippen LogP contribution in [0.15, 0.2) is 180 Å². The quantitative estimate of drug-likeness (QED) is 0.193. The second-order valence-corrected chi connectivity index (χ2v) is 13.6. The molecule has 0 fully saturated rings. The third-order valence-electron chi connectivity index (χ3n) is 9.68. The number of nitrogens with zero attached hydrogens (tertiary/aromatic N) is 1. The second kappa shape index (κ2) is 11.8. The lowest BCUT2D eigenvalue weighted by molar-refractivity contribution is 0.726. The maximum Gasteiger partial charge on any atom is 0.0601 e. The van der Waals surface area contributed by atoms with Crippen molar-refractivity contribution in [3.05, 3.63) is 187 Å². The van der Waals surface area contributed by atoms with Gasteiger partial charge in [-0.2, -0.15) is 0 Å². The SMILES string of the molecule is c1ccc(-c2cc(-c3ccccc3)cc(C3CCc4ccccc4-c4cc(N5c6ccccc6Sc6ccccc65)ccc43)c2)cc1. The molecule has 0 spiro atoms. The number of benzene rings is 7. The van der Waals surface area contributed by atoms with Crippen LogP contribution in [0.2, 0.25) is 0 Å². The zero-order chi connectivity index (χ0) is 31.2. The molecule has 2 heteroatoms. The molecule has 1 aliphatic carbocycles. The van der Waals surface area contributed by atoms with Gasteiger partial charge in [-0.3, -0.25) is 0 Å². The van der Waals surface area contributed by atoms with Gasteiger partial charge in [-0.15, -0.1) is 0 Å². The molecule has 0 bridgehead atoms. The van der Waals surface area contributed by atoms with Crippen LogP contribution in [-0.4, -0.2) is 0 Å². The van der Waals surface area contributed by atoms with Crippen molar-refractivity contribution in [3.8, 4) is 33.4 Å². The summed E-state index contributed by atoms with van der Waals surface area (Å²) in [5, 5.41) is 0. The topological polar surface area (TPSA) is 3.24 Å². The van der Waals surface area contributed by atoms with Crippen LogP contribution in [0.1, 0.15) is 29.0 Å². The van der Waals surface area contributed by atoms with Crippen molar-refractivity contribution in [2.45, 2.75) is 28.6 Å². The average molecular weight is 620 g/mol. The van der Waals surface area contributed by atoms with Crippen LogP contribution in [0.3, 0.4) is 0 Å². The highest BCUT2D eigenvalue weighted by Crippen LogP contribution is 2.52. The summed E-state index contributed by atoms with van der Waals surface area (Å²) in [5.41, 5.74) is 15.6. The molecule has 1 aliphatic heterocycles. The summed E-state index contributed by atoms with van der Waals surface area (Å²) in [4.78, 5) is 5.02. The van der Waals surface area contributed by atoms with Gasteiger partial charge in [-0.1, -0.05) is 139 Å². The molecule has 1 heterocycles. The summed E-state index contributed by atoms with van der Waals surface area (Å²) >= 11 is 1.86. The van der Waals surface area contributed by atoms with Gasteiger partial charge < -0.3 is 4.90 Å². The molecule has 0 radical (unpaired) electrons. The van der Waals surface area contributed by atoms with E-state index >= 15 is 0 Å². The molecular formula is C45H33NS. The van der Waals surface area contributed by atoms with Crippen LogP contribution in [-0.2, 0) is 6.42 Å². The van der Waals surface area contributed by atoms with E-state index in [9.17, 15) is 0 Å². The van der Waals surface area contributed by atoms with E-state index in [2.05, 4.69) is 175 Å². The van der Waals surface area contributed by atoms with E-state index in [-0.39, 0.29) is 5.92 Å². The van der Waals surface area contributed by atoms with Gasteiger partial charge in [0.25, 0.3) is 0 Å². The van der Waals surface area contributed by atoms with Crippen molar-refractivity contribution in [3.63, 3.8) is 0 Å². The van der Waals surface area contributed by atoms with E-state index in [1.54, 1.807) is 0 Å². The van der Waals surface area contributed by atoms with E-state index in [4.69, 9.17) is 0 Å². The number of hydrogen-bond donors (Lipinski definition) is 0. The highest BCUT2D eigenvalue weighted by Gasteiger charge is 2.28. The molecule has 47 heavy (non-hydrogen) atoms. The zero-order valence-electron chi connectivity index (χ0n) is 26.0. The van der Waals surface area contributed by atoms with Crippen molar-refractivity contribution in [1.82, 2.24) is 0 Å². The third-order valence-corrected chi connectivity index (χ3v) is 10.8. The van der Waals surface area contributed by atoms with Gasteiger partial charge in [0.05, 0.1) is 11.4 Å². The summed E-state index contributed by atoms with van der Waals surface area (Å²) in [6.45, 7) is 0. The number of aryl methyl sites for hydroxylation is 1. The Kier molecular flexibility index (Phi) is 7.02. The maximum atomic E-state index is 2.45. The number of fused-ring (bicyclic) bond motifs is 5.